The lowest BCUT2D eigenvalue weighted by Gasteiger charge is -2.09. The highest BCUT2D eigenvalue weighted by atomic mass is 32.1. The van der Waals surface area contributed by atoms with Crippen LogP contribution in [-0.4, -0.2) is 15.9 Å². The third kappa shape index (κ3) is 3.97. The Labute approximate surface area is 144 Å². The summed E-state index contributed by atoms with van der Waals surface area (Å²) in [6, 6.07) is 11.5. The van der Waals surface area contributed by atoms with Crippen LogP contribution >= 0.6 is 11.3 Å². The van der Waals surface area contributed by atoms with Crippen LogP contribution in [0.1, 0.15) is 13.8 Å². The van der Waals surface area contributed by atoms with Crippen molar-refractivity contribution < 1.29 is 4.79 Å². The van der Waals surface area contributed by atoms with Gasteiger partial charge in [0.15, 0.2) is 5.13 Å². The van der Waals surface area contributed by atoms with Gasteiger partial charge in [0, 0.05) is 40.6 Å². The summed E-state index contributed by atoms with van der Waals surface area (Å²) < 4.78 is 0. The Balaban J connectivity index is 1.73. The third-order valence-corrected chi connectivity index (χ3v) is 4.14. The lowest BCUT2D eigenvalue weighted by Crippen LogP contribution is -2.17. The fourth-order valence-electron chi connectivity index (χ4n) is 2.07. The number of pyridine rings is 1. The highest BCUT2D eigenvalue weighted by Gasteiger charge is 2.08. The number of carbonyl (C=O) groups excluding carboxylic acids is 1. The number of nitrogens with one attached hydrogen (secondary N) is 2. The first kappa shape index (κ1) is 16.1. The van der Waals surface area contributed by atoms with E-state index < -0.39 is 0 Å². The number of aromatic nitrogens is 2. The lowest BCUT2D eigenvalue weighted by molar-refractivity contribution is -0.118. The van der Waals surface area contributed by atoms with E-state index in [9.17, 15) is 4.79 Å². The Morgan fingerprint density at radius 1 is 1.12 bits per heavy atom. The zero-order valence-electron chi connectivity index (χ0n) is 13.5. The molecule has 1 amide bonds. The number of thiazole rings is 1. The van der Waals surface area contributed by atoms with Crippen molar-refractivity contribution >= 4 is 33.8 Å². The molecule has 0 radical (unpaired) electrons. The van der Waals surface area contributed by atoms with Crippen LogP contribution in [0.5, 0.6) is 0 Å². The fourth-order valence-corrected chi connectivity index (χ4v) is 2.81. The number of nitrogens with zero attached hydrogens (tertiary/aromatic N) is 2. The van der Waals surface area contributed by atoms with E-state index in [1.54, 1.807) is 12.4 Å². The Morgan fingerprint density at radius 2 is 1.88 bits per heavy atom. The summed E-state index contributed by atoms with van der Waals surface area (Å²) in [4.78, 5) is 20.4. The monoisotopic (exact) mass is 338 g/mol. The van der Waals surface area contributed by atoms with Gasteiger partial charge in [-0.3, -0.25) is 9.78 Å². The first-order chi connectivity index (χ1) is 11.6. The molecule has 0 saturated heterocycles. The van der Waals surface area contributed by atoms with Crippen LogP contribution in [-0.2, 0) is 4.79 Å². The van der Waals surface area contributed by atoms with Gasteiger partial charge < -0.3 is 10.6 Å². The molecule has 0 spiro atoms. The van der Waals surface area contributed by atoms with Gasteiger partial charge in [-0.2, -0.15) is 0 Å². The Morgan fingerprint density at radius 3 is 2.62 bits per heavy atom. The highest BCUT2D eigenvalue weighted by Crippen LogP contribution is 2.27. The van der Waals surface area contributed by atoms with Crippen molar-refractivity contribution in [2.45, 2.75) is 13.8 Å². The second-order valence-electron chi connectivity index (χ2n) is 5.62. The van der Waals surface area contributed by atoms with Gasteiger partial charge in [-0.25, -0.2) is 4.98 Å². The first-order valence-electron chi connectivity index (χ1n) is 7.65. The number of hydrogen-bond acceptors (Lipinski definition) is 5. The molecule has 0 aliphatic heterocycles. The topological polar surface area (TPSA) is 66.9 Å². The number of rotatable bonds is 5. The van der Waals surface area contributed by atoms with Crippen molar-refractivity contribution in [1.82, 2.24) is 9.97 Å². The van der Waals surface area contributed by atoms with Crippen molar-refractivity contribution in [1.29, 1.82) is 0 Å². The highest BCUT2D eigenvalue weighted by molar-refractivity contribution is 7.14. The largest absolute Gasteiger partial charge is 0.331 e. The lowest BCUT2D eigenvalue weighted by atomic mass is 10.2. The molecule has 24 heavy (non-hydrogen) atoms. The van der Waals surface area contributed by atoms with Gasteiger partial charge in [-0.15, -0.1) is 11.3 Å². The summed E-state index contributed by atoms with van der Waals surface area (Å²) in [6.07, 6.45) is 3.51. The van der Waals surface area contributed by atoms with Crippen molar-refractivity contribution in [3.05, 3.63) is 54.2 Å². The normalized spacial score (nSPS) is 10.6. The van der Waals surface area contributed by atoms with E-state index in [-0.39, 0.29) is 11.8 Å². The zero-order chi connectivity index (χ0) is 16.9. The van der Waals surface area contributed by atoms with Gasteiger partial charge in [0.2, 0.25) is 5.91 Å². The molecular weight excluding hydrogens is 320 g/mol. The van der Waals surface area contributed by atoms with Crippen LogP contribution in [0.15, 0.2) is 54.2 Å². The number of benzene rings is 1. The molecule has 0 atom stereocenters. The maximum absolute atomic E-state index is 11.8. The van der Waals surface area contributed by atoms with E-state index in [0.29, 0.717) is 0 Å². The van der Waals surface area contributed by atoms with Crippen molar-refractivity contribution in [3.63, 3.8) is 0 Å². The Hall–Kier alpha value is -2.73. The van der Waals surface area contributed by atoms with E-state index in [1.807, 2.05) is 55.6 Å². The van der Waals surface area contributed by atoms with Gasteiger partial charge in [-0.05, 0) is 30.3 Å². The van der Waals surface area contributed by atoms with Crippen LogP contribution in [0.2, 0.25) is 0 Å². The molecule has 0 aliphatic carbocycles. The summed E-state index contributed by atoms with van der Waals surface area (Å²) in [7, 11) is 0. The summed E-state index contributed by atoms with van der Waals surface area (Å²) in [6.45, 7) is 3.74. The molecule has 0 bridgehead atoms. The fraction of sp³-hybridized carbons (Fsp3) is 0.167. The number of amides is 1. The van der Waals surface area contributed by atoms with Crippen LogP contribution in [0.25, 0.3) is 11.3 Å². The van der Waals surface area contributed by atoms with Crippen molar-refractivity contribution in [2.75, 3.05) is 10.6 Å². The molecule has 3 aromatic rings. The number of anilines is 3. The molecule has 0 fully saturated rings. The van der Waals surface area contributed by atoms with Crippen LogP contribution in [0.4, 0.5) is 16.5 Å². The maximum Gasteiger partial charge on any atom is 0.226 e. The van der Waals surface area contributed by atoms with Crippen molar-refractivity contribution in [2.24, 2.45) is 5.92 Å². The van der Waals surface area contributed by atoms with Gasteiger partial charge in [0.05, 0.1) is 5.69 Å². The van der Waals surface area contributed by atoms with Crippen LogP contribution in [0, 0.1) is 5.92 Å². The zero-order valence-corrected chi connectivity index (χ0v) is 14.3. The third-order valence-electron chi connectivity index (χ3n) is 3.39. The first-order valence-corrected chi connectivity index (χ1v) is 8.53. The minimum atomic E-state index is -0.0523. The van der Waals surface area contributed by atoms with E-state index in [4.69, 9.17) is 0 Å². The average Bonchev–Trinajstić information content (AvgIpc) is 3.04. The molecule has 3 rings (SSSR count). The van der Waals surface area contributed by atoms with E-state index in [2.05, 4.69) is 20.6 Å². The summed E-state index contributed by atoms with van der Waals surface area (Å²) in [5.74, 6) is -0.0510. The van der Waals surface area contributed by atoms with E-state index in [0.717, 1.165) is 27.8 Å². The average molecular weight is 338 g/mol. The van der Waals surface area contributed by atoms with Gasteiger partial charge in [0.25, 0.3) is 0 Å². The van der Waals surface area contributed by atoms with Crippen molar-refractivity contribution in [3.8, 4) is 11.3 Å². The molecule has 2 heterocycles. The Bertz CT molecular complexity index is 830. The van der Waals surface area contributed by atoms with E-state index in [1.165, 1.54) is 11.3 Å². The predicted octanol–water partition coefficient (Wildman–Crippen LogP) is 4.54. The van der Waals surface area contributed by atoms with Crippen LogP contribution < -0.4 is 10.6 Å². The maximum atomic E-state index is 11.8. The molecule has 0 aliphatic rings. The molecule has 122 valence electrons. The summed E-state index contributed by atoms with van der Waals surface area (Å²) in [5.41, 5.74) is 3.60. The minimum absolute atomic E-state index is 0.00127. The van der Waals surface area contributed by atoms with Gasteiger partial charge in [-0.1, -0.05) is 19.9 Å². The molecule has 5 nitrogen and oxygen atoms in total. The predicted molar refractivity (Wildman–Crippen MR) is 98.5 cm³/mol. The molecule has 0 unspecified atom stereocenters. The molecule has 2 N–H and O–H groups in total. The quantitative estimate of drug-likeness (QED) is 0.716. The minimum Gasteiger partial charge on any atom is -0.331 e. The SMILES string of the molecule is CC(C)C(=O)Nc1cccc(Nc2nc(-c3ccncc3)cs2)c1. The second-order valence-corrected chi connectivity index (χ2v) is 6.48. The van der Waals surface area contributed by atoms with Gasteiger partial charge >= 0.3 is 0 Å². The van der Waals surface area contributed by atoms with E-state index >= 15 is 0 Å². The molecule has 1 aromatic carbocycles. The molecule has 0 saturated carbocycles. The summed E-state index contributed by atoms with van der Waals surface area (Å²) >= 11 is 1.53. The number of carbonyl (C=O) groups is 1. The smallest absolute Gasteiger partial charge is 0.226 e. The summed E-state index contributed by atoms with van der Waals surface area (Å²) in [5, 5.41) is 8.98. The Kier molecular flexibility index (Phi) is 4.86. The van der Waals surface area contributed by atoms with Crippen LogP contribution in [0.3, 0.4) is 0 Å². The second kappa shape index (κ2) is 7.23. The molecule has 6 heteroatoms. The standard InChI is InChI=1S/C18H18N4OS/c1-12(2)17(23)20-14-4-3-5-15(10-14)21-18-22-16(11-24-18)13-6-8-19-9-7-13/h3-12H,1-2H3,(H,20,23)(H,21,22). The van der Waals surface area contributed by atoms with Gasteiger partial charge in [0.1, 0.15) is 0 Å². The molecule has 2 aromatic heterocycles. The molecular formula is C18H18N4OS. The number of hydrogen-bond donors (Lipinski definition) is 2.